The summed E-state index contributed by atoms with van der Waals surface area (Å²) >= 11 is 0. The van der Waals surface area contributed by atoms with Crippen LogP contribution in [-0.2, 0) is 24.3 Å². The number of hydrogen-bond acceptors (Lipinski definition) is 2. The molecule has 28 heavy (non-hydrogen) atoms. The summed E-state index contributed by atoms with van der Waals surface area (Å²) in [6.45, 7) is 2.95. The van der Waals surface area contributed by atoms with Crippen molar-refractivity contribution in [2.45, 2.75) is 32.4 Å². The monoisotopic (exact) mass is 378 g/mol. The molecule has 0 fully saturated rings. The summed E-state index contributed by atoms with van der Waals surface area (Å²) in [5, 5.41) is 3.37. The molecule has 0 aliphatic carbocycles. The number of carbonyl (C=O) groups is 1. The SMILES string of the molecule is CN(C)C(=NCc1ccccc1)NCCCC(=O)N1CCc2ccccc2C1. The van der Waals surface area contributed by atoms with Gasteiger partial charge >= 0.3 is 0 Å². The number of hydrogen-bond donors (Lipinski definition) is 1. The van der Waals surface area contributed by atoms with E-state index in [-0.39, 0.29) is 5.91 Å². The van der Waals surface area contributed by atoms with Crippen molar-refractivity contribution >= 4 is 11.9 Å². The van der Waals surface area contributed by atoms with E-state index in [0.29, 0.717) is 13.0 Å². The molecule has 3 rings (SSSR count). The van der Waals surface area contributed by atoms with E-state index >= 15 is 0 Å². The lowest BCUT2D eigenvalue weighted by molar-refractivity contribution is -0.132. The van der Waals surface area contributed by atoms with Crippen LogP contribution in [0.25, 0.3) is 0 Å². The van der Waals surface area contributed by atoms with E-state index in [1.807, 2.05) is 48.2 Å². The number of nitrogens with one attached hydrogen (secondary N) is 1. The van der Waals surface area contributed by atoms with Gasteiger partial charge in [0.15, 0.2) is 5.96 Å². The molecule has 0 radical (unpaired) electrons. The van der Waals surface area contributed by atoms with Crippen molar-refractivity contribution in [1.82, 2.24) is 15.1 Å². The molecule has 1 heterocycles. The summed E-state index contributed by atoms with van der Waals surface area (Å²) in [4.78, 5) is 21.2. The highest BCUT2D eigenvalue weighted by Gasteiger charge is 2.19. The third-order valence-electron chi connectivity index (χ3n) is 5.01. The molecule has 0 bridgehead atoms. The number of fused-ring (bicyclic) bond motifs is 1. The molecule has 0 saturated carbocycles. The van der Waals surface area contributed by atoms with E-state index in [1.165, 1.54) is 16.7 Å². The van der Waals surface area contributed by atoms with Gasteiger partial charge in [-0.25, -0.2) is 4.99 Å². The lowest BCUT2D eigenvalue weighted by atomic mass is 9.99. The first-order valence-corrected chi connectivity index (χ1v) is 9.97. The minimum Gasteiger partial charge on any atom is -0.356 e. The standard InChI is InChI=1S/C23H30N4O/c1-26(2)23(25-17-19-9-4-3-5-10-19)24-15-8-13-22(28)27-16-14-20-11-6-7-12-21(20)18-27/h3-7,9-12H,8,13-18H2,1-2H3,(H,24,25). The Balaban J connectivity index is 1.43. The molecule has 0 aromatic heterocycles. The second kappa shape index (κ2) is 9.93. The van der Waals surface area contributed by atoms with E-state index in [1.54, 1.807) is 0 Å². The molecule has 148 valence electrons. The average molecular weight is 379 g/mol. The van der Waals surface area contributed by atoms with Crippen molar-refractivity contribution in [2.24, 2.45) is 4.99 Å². The molecule has 0 atom stereocenters. The van der Waals surface area contributed by atoms with Crippen molar-refractivity contribution < 1.29 is 4.79 Å². The van der Waals surface area contributed by atoms with Crippen molar-refractivity contribution in [1.29, 1.82) is 0 Å². The number of carbonyl (C=O) groups excluding carboxylic acids is 1. The zero-order chi connectivity index (χ0) is 19.8. The number of nitrogens with zero attached hydrogens (tertiary/aromatic N) is 3. The van der Waals surface area contributed by atoms with Crippen LogP contribution in [0.15, 0.2) is 59.6 Å². The quantitative estimate of drug-likeness (QED) is 0.477. The van der Waals surface area contributed by atoms with Crippen LogP contribution < -0.4 is 5.32 Å². The van der Waals surface area contributed by atoms with Gasteiger partial charge in [-0.1, -0.05) is 54.6 Å². The molecular formula is C23H30N4O. The van der Waals surface area contributed by atoms with Crippen LogP contribution in [0.1, 0.15) is 29.5 Å². The molecule has 0 saturated heterocycles. The van der Waals surface area contributed by atoms with E-state index in [2.05, 4.69) is 40.6 Å². The maximum Gasteiger partial charge on any atom is 0.222 e. The normalized spacial score (nSPS) is 13.8. The van der Waals surface area contributed by atoms with Gasteiger partial charge in [0.2, 0.25) is 5.91 Å². The van der Waals surface area contributed by atoms with Crippen molar-refractivity contribution in [3.63, 3.8) is 0 Å². The summed E-state index contributed by atoms with van der Waals surface area (Å²) in [5.74, 6) is 1.09. The molecule has 1 aliphatic heterocycles. The van der Waals surface area contributed by atoms with Crippen molar-refractivity contribution in [3.05, 3.63) is 71.3 Å². The lowest BCUT2D eigenvalue weighted by Crippen LogP contribution is -2.38. The van der Waals surface area contributed by atoms with E-state index < -0.39 is 0 Å². The Labute approximate surface area is 168 Å². The summed E-state index contributed by atoms with van der Waals surface area (Å²) in [7, 11) is 3.96. The largest absolute Gasteiger partial charge is 0.356 e. The first-order valence-electron chi connectivity index (χ1n) is 9.97. The lowest BCUT2D eigenvalue weighted by Gasteiger charge is -2.29. The van der Waals surface area contributed by atoms with E-state index in [0.717, 1.165) is 38.4 Å². The Hall–Kier alpha value is -2.82. The number of rotatable bonds is 6. The topological polar surface area (TPSA) is 47.9 Å². The van der Waals surface area contributed by atoms with Crippen LogP contribution >= 0.6 is 0 Å². The fourth-order valence-electron chi connectivity index (χ4n) is 3.41. The fraction of sp³-hybridized carbons (Fsp3) is 0.391. The molecule has 2 aromatic rings. The van der Waals surface area contributed by atoms with E-state index in [4.69, 9.17) is 0 Å². The Kier molecular flexibility index (Phi) is 7.06. The van der Waals surface area contributed by atoms with Gasteiger partial charge in [-0.2, -0.15) is 0 Å². The number of benzene rings is 2. The summed E-state index contributed by atoms with van der Waals surface area (Å²) in [5.41, 5.74) is 3.84. The Bertz CT molecular complexity index is 801. The van der Waals surface area contributed by atoms with Crippen molar-refractivity contribution in [3.8, 4) is 0 Å². The van der Waals surface area contributed by atoms with Gasteiger partial charge in [-0.3, -0.25) is 4.79 Å². The number of guanidine groups is 1. The maximum absolute atomic E-state index is 12.6. The van der Waals surface area contributed by atoms with Gasteiger partial charge in [0.1, 0.15) is 0 Å². The summed E-state index contributed by atoms with van der Waals surface area (Å²) in [6, 6.07) is 18.6. The Morgan fingerprint density at radius 3 is 2.54 bits per heavy atom. The van der Waals surface area contributed by atoms with Gasteiger partial charge in [0.05, 0.1) is 6.54 Å². The Morgan fingerprint density at radius 2 is 1.79 bits per heavy atom. The smallest absolute Gasteiger partial charge is 0.222 e. The molecule has 1 aliphatic rings. The Morgan fingerprint density at radius 1 is 1.07 bits per heavy atom. The minimum absolute atomic E-state index is 0.240. The third-order valence-corrected chi connectivity index (χ3v) is 5.01. The fourth-order valence-corrected chi connectivity index (χ4v) is 3.41. The van der Waals surface area contributed by atoms with Crippen LogP contribution in [0.2, 0.25) is 0 Å². The van der Waals surface area contributed by atoms with Gasteiger partial charge < -0.3 is 15.1 Å². The van der Waals surface area contributed by atoms with Gasteiger partial charge in [-0.05, 0) is 29.5 Å². The second-order valence-electron chi connectivity index (χ2n) is 7.38. The highest BCUT2D eigenvalue weighted by molar-refractivity contribution is 5.79. The van der Waals surface area contributed by atoms with Gasteiger partial charge in [-0.15, -0.1) is 0 Å². The zero-order valence-electron chi connectivity index (χ0n) is 16.9. The molecule has 1 N–H and O–H groups in total. The van der Waals surface area contributed by atoms with Crippen LogP contribution in [0.4, 0.5) is 0 Å². The highest BCUT2D eigenvalue weighted by Crippen LogP contribution is 2.19. The van der Waals surface area contributed by atoms with Gasteiger partial charge in [0, 0.05) is 40.2 Å². The second-order valence-corrected chi connectivity index (χ2v) is 7.38. The summed E-state index contributed by atoms with van der Waals surface area (Å²) in [6.07, 6.45) is 2.32. The first-order chi connectivity index (χ1) is 13.6. The van der Waals surface area contributed by atoms with Crippen LogP contribution in [-0.4, -0.2) is 48.9 Å². The van der Waals surface area contributed by atoms with Gasteiger partial charge in [0.25, 0.3) is 0 Å². The van der Waals surface area contributed by atoms with Crippen LogP contribution in [0.5, 0.6) is 0 Å². The van der Waals surface area contributed by atoms with Crippen molar-refractivity contribution in [2.75, 3.05) is 27.2 Å². The first kappa shape index (κ1) is 19.9. The summed E-state index contributed by atoms with van der Waals surface area (Å²) < 4.78 is 0. The third kappa shape index (κ3) is 5.59. The average Bonchev–Trinajstić information content (AvgIpc) is 2.73. The molecule has 0 spiro atoms. The molecule has 1 amide bonds. The molecular weight excluding hydrogens is 348 g/mol. The van der Waals surface area contributed by atoms with E-state index in [9.17, 15) is 4.79 Å². The predicted molar refractivity (Wildman–Crippen MR) is 114 cm³/mol. The highest BCUT2D eigenvalue weighted by atomic mass is 16.2. The zero-order valence-corrected chi connectivity index (χ0v) is 16.9. The maximum atomic E-state index is 12.6. The molecule has 2 aromatic carbocycles. The van der Waals surface area contributed by atoms with Crippen LogP contribution in [0, 0.1) is 0 Å². The number of aliphatic imine (C=N–C) groups is 1. The molecule has 0 unspecified atom stereocenters. The van der Waals surface area contributed by atoms with Crippen LogP contribution in [0.3, 0.4) is 0 Å². The predicted octanol–water partition coefficient (Wildman–Crippen LogP) is 3.06. The number of amides is 1. The molecule has 5 heteroatoms. The minimum atomic E-state index is 0.240. The molecule has 5 nitrogen and oxygen atoms in total.